The normalized spacial score (nSPS) is 12.0. The summed E-state index contributed by atoms with van der Waals surface area (Å²) in [6.07, 6.45) is 1.81. The topological polar surface area (TPSA) is 69.0 Å². The molecular weight excluding hydrogens is 372 g/mol. The summed E-state index contributed by atoms with van der Waals surface area (Å²) in [5.41, 5.74) is 1.70. The van der Waals surface area contributed by atoms with Gasteiger partial charge in [-0.2, -0.15) is 0 Å². The number of nitrogens with zero attached hydrogens (tertiary/aromatic N) is 3. The monoisotopic (exact) mass is 390 g/mol. The lowest BCUT2D eigenvalue weighted by Gasteiger charge is -2.12. The second kappa shape index (κ2) is 8.33. The van der Waals surface area contributed by atoms with E-state index in [1.807, 2.05) is 35.7 Å². The Labute approximate surface area is 160 Å². The molecule has 0 saturated carbocycles. The van der Waals surface area contributed by atoms with Crippen LogP contribution in [0.2, 0.25) is 5.02 Å². The van der Waals surface area contributed by atoms with Gasteiger partial charge >= 0.3 is 0 Å². The van der Waals surface area contributed by atoms with E-state index >= 15 is 0 Å². The SMILES string of the molecule is CCc1nc(CNC(=O)[C@H](C)Oc2nn(-c3ccccc3)cc2Cl)cs1. The van der Waals surface area contributed by atoms with Crippen LogP contribution in [0.3, 0.4) is 0 Å². The molecule has 1 N–H and O–H groups in total. The van der Waals surface area contributed by atoms with Crippen LogP contribution in [0.5, 0.6) is 5.88 Å². The Bertz CT molecular complexity index is 878. The number of halogens is 1. The summed E-state index contributed by atoms with van der Waals surface area (Å²) in [5, 5.41) is 10.5. The van der Waals surface area contributed by atoms with E-state index in [0.717, 1.165) is 22.8 Å². The molecule has 0 fully saturated rings. The molecule has 0 radical (unpaired) electrons. The molecule has 136 valence electrons. The number of aryl methyl sites for hydroxylation is 1. The molecule has 0 aliphatic heterocycles. The Hall–Kier alpha value is -2.38. The molecule has 0 unspecified atom stereocenters. The molecule has 26 heavy (non-hydrogen) atoms. The zero-order valence-electron chi connectivity index (χ0n) is 14.5. The fraction of sp³-hybridized carbons (Fsp3) is 0.278. The molecule has 3 aromatic rings. The first-order chi connectivity index (χ1) is 12.6. The van der Waals surface area contributed by atoms with Crippen molar-refractivity contribution in [2.24, 2.45) is 0 Å². The number of rotatable bonds is 7. The number of thiazole rings is 1. The lowest BCUT2D eigenvalue weighted by atomic mass is 10.3. The summed E-state index contributed by atoms with van der Waals surface area (Å²) in [6, 6.07) is 9.54. The number of nitrogens with one attached hydrogen (secondary N) is 1. The van der Waals surface area contributed by atoms with Crippen LogP contribution in [0, 0.1) is 0 Å². The Morgan fingerprint density at radius 2 is 2.15 bits per heavy atom. The fourth-order valence-corrected chi connectivity index (χ4v) is 3.18. The summed E-state index contributed by atoms with van der Waals surface area (Å²) in [7, 11) is 0. The Morgan fingerprint density at radius 1 is 1.38 bits per heavy atom. The van der Waals surface area contributed by atoms with Crippen molar-refractivity contribution in [2.45, 2.75) is 32.9 Å². The molecular formula is C18H19ClN4O2S. The van der Waals surface area contributed by atoms with Crippen molar-refractivity contribution < 1.29 is 9.53 Å². The van der Waals surface area contributed by atoms with E-state index in [1.54, 1.807) is 29.1 Å². The zero-order valence-corrected chi connectivity index (χ0v) is 16.0. The maximum atomic E-state index is 12.2. The van der Waals surface area contributed by atoms with Gasteiger partial charge in [-0.15, -0.1) is 16.4 Å². The van der Waals surface area contributed by atoms with Crippen molar-refractivity contribution in [1.29, 1.82) is 0 Å². The molecule has 1 aromatic carbocycles. The highest BCUT2D eigenvalue weighted by atomic mass is 35.5. The number of benzene rings is 1. The zero-order chi connectivity index (χ0) is 18.5. The van der Waals surface area contributed by atoms with Gasteiger partial charge in [-0.1, -0.05) is 36.7 Å². The highest BCUT2D eigenvalue weighted by molar-refractivity contribution is 7.09. The van der Waals surface area contributed by atoms with E-state index in [9.17, 15) is 4.79 Å². The minimum atomic E-state index is -0.726. The van der Waals surface area contributed by atoms with Gasteiger partial charge in [-0.05, 0) is 25.5 Å². The first-order valence-corrected chi connectivity index (χ1v) is 9.50. The van der Waals surface area contributed by atoms with E-state index in [2.05, 4.69) is 22.3 Å². The number of carbonyl (C=O) groups is 1. The summed E-state index contributed by atoms with van der Waals surface area (Å²) < 4.78 is 7.25. The van der Waals surface area contributed by atoms with Crippen molar-refractivity contribution in [2.75, 3.05) is 0 Å². The van der Waals surface area contributed by atoms with Gasteiger partial charge in [0.05, 0.1) is 29.1 Å². The van der Waals surface area contributed by atoms with Crippen LogP contribution in [-0.2, 0) is 17.8 Å². The number of amides is 1. The Morgan fingerprint density at radius 3 is 2.85 bits per heavy atom. The van der Waals surface area contributed by atoms with Crippen LogP contribution < -0.4 is 10.1 Å². The molecule has 0 aliphatic rings. The van der Waals surface area contributed by atoms with Crippen LogP contribution in [0.25, 0.3) is 5.69 Å². The molecule has 0 saturated heterocycles. The molecule has 0 aliphatic carbocycles. The highest BCUT2D eigenvalue weighted by Crippen LogP contribution is 2.25. The molecule has 0 spiro atoms. The lowest BCUT2D eigenvalue weighted by Crippen LogP contribution is -2.36. The largest absolute Gasteiger partial charge is 0.462 e. The van der Waals surface area contributed by atoms with Gasteiger partial charge in [0.15, 0.2) is 6.10 Å². The van der Waals surface area contributed by atoms with E-state index in [0.29, 0.717) is 11.6 Å². The van der Waals surface area contributed by atoms with Crippen LogP contribution in [0.1, 0.15) is 24.5 Å². The number of carbonyl (C=O) groups excluding carboxylic acids is 1. The third kappa shape index (κ3) is 4.42. The van der Waals surface area contributed by atoms with E-state index in [-0.39, 0.29) is 11.8 Å². The summed E-state index contributed by atoms with van der Waals surface area (Å²) in [4.78, 5) is 16.7. The average Bonchev–Trinajstić information content (AvgIpc) is 3.27. The van der Waals surface area contributed by atoms with E-state index in [4.69, 9.17) is 16.3 Å². The number of ether oxygens (including phenoxy) is 1. The lowest BCUT2D eigenvalue weighted by molar-refractivity contribution is -0.127. The first-order valence-electron chi connectivity index (χ1n) is 8.25. The van der Waals surface area contributed by atoms with Gasteiger partial charge in [0.2, 0.25) is 0 Å². The Kier molecular flexibility index (Phi) is 5.90. The second-order valence-electron chi connectivity index (χ2n) is 5.63. The average molecular weight is 391 g/mol. The smallest absolute Gasteiger partial charge is 0.261 e. The summed E-state index contributed by atoms with van der Waals surface area (Å²) >= 11 is 7.78. The summed E-state index contributed by atoms with van der Waals surface area (Å²) in [6.45, 7) is 4.08. The third-order valence-electron chi connectivity index (χ3n) is 3.66. The van der Waals surface area contributed by atoms with Crippen LogP contribution in [0.4, 0.5) is 0 Å². The Balaban J connectivity index is 1.59. The molecule has 2 heterocycles. The standard InChI is InChI=1S/C18H19ClN4O2S/c1-3-16-21-13(11-26-16)9-20-17(24)12(2)25-18-15(19)10-23(22-18)14-7-5-4-6-8-14/h4-8,10-12H,3,9H2,1-2H3,(H,20,24)/t12-/m0/s1. The van der Waals surface area contributed by atoms with Gasteiger partial charge in [0.1, 0.15) is 5.02 Å². The molecule has 1 atom stereocenters. The minimum absolute atomic E-state index is 0.222. The number of para-hydroxylation sites is 1. The van der Waals surface area contributed by atoms with Gasteiger partial charge in [-0.3, -0.25) is 4.79 Å². The minimum Gasteiger partial charge on any atom is -0.462 e. The van der Waals surface area contributed by atoms with Gasteiger partial charge in [0, 0.05) is 5.38 Å². The van der Waals surface area contributed by atoms with E-state index < -0.39 is 6.10 Å². The highest BCUT2D eigenvalue weighted by Gasteiger charge is 2.19. The maximum Gasteiger partial charge on any atom is 0.261 e. The van der Waals surface area contributed by atoms with Gasteiger partial charge in [-0.25, -0.2) is 9.67 Å². The molecule has 6 nitrogen and oxygen atoms in total. The molecule has 2 aromatic heterocycles. The predicted octanol–water partition coefficient (Wildman–Crippen LogP) is 3.63. The van der Waals surface area contributed by atoms with Crippen LogP contribution in [0.15, 0.2) is 41.9 Å². The van der Waals surface area contributed by atoms with Crippen molar-refractivity contribution in [3.63, 3.8) is 0 Å². The molecule has 8 heteroatoms. The van der Waals surface area contributed by atoms with Crippen molar-refractivity contribution in [3.05, 3.63) is 57.6 Å². The number of aromatic nitrogens is 3. The second-order valence-corrected chi connectivity index (χ2v) is 6.98. The number of hydrogen-bond acceptors (Lipinski definition) is 5. The fourth-order valence-electron chi connectivity index (χ4n) is 2.26. The van der Waals surface area contributed by atoms with Gasteiger partial charge < -0.3 is 10.1 Å². The van der Waals surface area contributed by atoms with Crippen molar-refractivity contribution >= 4 is 28.8 Å². The van der Waals surface area contributed by atoms with E-state index in [1.165, 1.54) is 0 Å². The predicted molar refractivity (Wildman–Crippen MR) is 102 cm³/mol. The van der Waals surface area contributed by atoms with Crippen LogP contribution >= 0.6 is 22.9 Å². The molecule has 3 rings (SSSR count). The van der Waals surface area contributed by atoms with Crippen LogP contribution in [-0.4, -0.2) is 26.8 Å². The maximum absolute atomic E-state index is 12.2. The molecule has 1 amide bonds. The van der Waals surface area contributed by atoms with Gasteiger partial charge in [0.25, 0.3) is 11.8 Å². The summed E-state index contributed by atoms with van der Waals surface area (Å²) in [5.74, 6) is -0.0264. The molecule has 0 bridgehead atoms. The van der Waals surface area contributed by atoms with Crippen molar-refractivity contribution in [3.8, 4) is 11.6 Å². The first kappa shape index (κ1) is 18.4. The third-order valence-corrected chi connectivity index (χ3v) is 4.96. The quantitative estimate of drug-likeness (QED) is 0.668. The van der Waals surface area contributed by atoms with Crippen molar-refractivity contribution in [1.82, 2.24) is 20.1 Å². The number of hydrogen-bond donors (Lipinski definition) is 1.